The predicted molar refractivity (Wildman–Crippen MR) is 80.2 cm³/mol. The lowest BCUT2D eigenvalue weighted by Gasteiger charge is -2.31. The molecule has 114 valence electrons. The number of hydrogen-bond donors (Lipinski definition) is 1. The third-order valence-electron chi connectivity index (χ3n) is 3.38. The van der Waals surface area contributed by atoms with Crippen molar-refractivity contribution >= 4 is 11.9 Å². The minimum Gasteiger partial charge on any atom is -0.444 e. The molecule has 0 unspecified atom stereocenters. The number of fused-ring (bicyclic) bond motifs is 1. The molecule has 1 aromatic carbocycles. The van der Waals surface area contributed by atoms with E-state index in [1.165, 1.54) is 5.56 Å². The van der Waals surface area contributed by atoms with Gasteiger partial charge in [-0.05, 0) is 44.4 Å². The van der Waals surface area contributed by atoms with E-state index in [0.717, 1.165) is 12.0 Å². The molecule has 1 amide bonds. The number of nitrogens with two attached hydrogens (primary N) is 1. The number of carbonyl (C=O) groups excluding carboxylic acids is 2. The van der Waals surface area contributed by atoms with Gasteiger partial charge in [0.25, 0.3) is 0 Å². The molecule has 5 nitrogen and oxygen atoms in total. The molecular formula is C16H22N2O3. The second-order valence-electron chi connectivity index (χ2n) is 6.26. The van der Waals surface area contributed by atoms with Crippen LogP contribution < -0.4 is 5.73 Å². The van der Waals surface area contributed by atoms with Gasteiger partial charge in [-0.1, -0.05) is 12.1 Å². The van der Waals surface area contributed by atoms with Gasteiger partial charge in [-0.15, -0.1) is 0 Å². The molecule has 1 heterocycles. The van der Waals surface area contributed by atoms with Crippen molar-refractivity contribution in [3.63, 3.8) is 0 Å². The second-order valence-corrected chi connectivity index (χ2v) is 6.26. The Hall–Kier alpha value is -1.88. The van der Waals surface area contributed by atoms with Crippen molar-refractivity contribution < 1.29 is 14.3 Å². The molecule has 0 bridgehead atoms. The summed E-state index contributed by atoms with van der Waals surface area (Å²) in [6, 6.07) is 5.59. The van der Waals surface area contributed by atoms with E-state index in [-0.39, 0.29) is 18.4 Å². The third kappa shape index (κ3) is 3.82. The molecule has 0 saturated heterocycles. The Morgan fingerprint density at radius 1 is 1.29 bits per heavy atom. The first-order chi connectivity index (χ1) is 9.80. The van der Waals surface area contributed by atoms with Crippen LogP contribution in [0.4, 0.5) is 4.79 Å². The zero-order valence-corrected chi connectivity index (χ0v) is 12.8. The Morgan fingerprint density at radius 2 is 2.00 bits per heavy atom. The first-order valence-electron chi connectivity index (χ1n) is 7.13. The van der Waals surface area contributed by atoms with Crippen molar-refractivity contribution in [1.29, 1.82) is 0 Å². The largest absolute Gasteiger partial charge is 0.444 e. The van der Waals surface area contributed by atoms with Gasteiger partial charge in [0, 0.05) is 18.7 Å². The van der Waals surface area contributed by atoms with Gasteiger partial charge < -0.3 is 15.4 Å². The van der Waals surface area contributed by atoms with E-state index in [4.69, 9.17) is 10.5 Å². The lowest BCUT2D eigenvalue weighted by molar-refractivity contribution is 0.0224. The Morgan fingerprint density at radius 3 is 2.62 bits per heavy atom. The lowest BCUT2D eigenvalue weighted by Crippen LogP contribution is -2.40. The van der Waals surface area contributed by atoms with Crippen LogP contribution in [0.1, 0.15) is 42.3 Å². The molecule has 0 fully saturated rings. The van der Waals surface area contributed by atoms with Crippen LogP contribution in [0.15, 0.2) is 18.2 Å². The Labute approximate surface area is 125 Å². The van der Waals surface area contributed by atoms with Crippen LogP contribution in [0.2, 0.25) is 0 Å². The molecule has 0 spiro atoms. The molecule has 5 heteroatoms. The molecule has 0 aromatic heterocycles. The quantitative estimate of drug-likeness (QED) is 0.847. The van der Waals surface area contributed by atoms with Crippen molar-refractivity contribution in [2.24, 2.45) is 5.73 Å². The normalized spacial score (nSPS) is 14.6. The summed E-state index contributed by atoms with van der Waals surface area (Å²) in [6.07, 6.45) is 0.454. The molecule has 2 N–H and O–H groups in total. The van der Waals surface area contributed by atoms with Gasteiger partial charge >= 0.3 is 6.09 Å². The number of Topliss-reactive ketones (excluding diaryl/α,β-unsaturated/α-hetero) is 1. The maximum atomic E-state index is 12.1. The number of benzene rings is 1. The van der Waals surface area contributed by atoms with Gasteiger partial charge in [0.1, 0.15) is 5.60 Å². The van der Waals surface area contributed by atoms with Crippen molar-refractivity contribution in [1.82, 2.24) is 4.90 Å². The highest BCUT2D eigenvalue weighted by atomic mass is 16.6. The molecule has 1 aliphatic heterocycles. The fourth-order valence-electron chi connectivity index (χ4n) is 2.33. The number of rotatable bonds is 2. The molecule has 2 rings (SSSR count). The SMILES string of the molecule is CC(C)(C)OC(=O)N1CCc2ccc(C(=O)CN)cc2C1. The minimum absolute atomic E-state index is 0.00539. The van der Waals surface area contributed by atoms with Crippen LogP contribution >= 0.6 is 0 Å². The Bertz CT molecular complexity index is 561. The maximum Gasteiger partial charge on any atom is 0.410 e. The van der Waals surface area contributed by atoms with Crippen LogP contribution in [0, 0.1) is 0 Å². The van der Waals surface area contributed by atoms with Gasteiger partial charge in [0.2, 0.25) is 0 Å². The summed E-state index contributed by atoms with van der Waals surface area (Å²) >= 11 is 0. The third-order valence-corrected chi connectivity index (χ3v) is 3.38. The number of carbonyl (C=O) groups is 2. The first-order valence-corrected chi connectivity index (χ1v) is 7.13. The zero-order chi connectivity index (χ0) is 15.6. The number of hydrogen-bond acceptors (Lipinski definition) is 4. The van der Waals surface area contributed by atoms with Crippen LogP contribution in [0.3, 0.4) is 0 Å². The van der Waals surface area contributed by atoms with Gasteiger partial charge in [0.15, 0.2) is 5.78 Å². The molecule has 1 aromatic rings. The Balaban J connectivity index is 2.15. The monoisotopic (exact) mass is 290 g/mol. The number of ketones is 1. The maximum absolute atomic E-state index is 12.1. The molecule has 0 saturated carbocycles. The van der Waals surface area contributed by atoms with E-state index in [0.29, 0.717) is 18.7 Å². The van der Waals surface area contributed by atoms with Gasteiger partial charge in [-0.25, -0.2) is 4.79 Å². The summed E-state index contributed by atoms with van der Waals surface area (Å²) in [5.74, 6) is -0.0906. The summed E-state index contributed by atoms with van der Waals surface area (Å²) < 4.78 is 5.39. The molecule has 0 aliphatic carbocycles. The first kappa shape index (κ1) is 15.5. The van der Waals surface area contributed by atoms with Gasteiger partial charge in [-0.3, -0.25) is 4.79 Å². The second kappa shape index (κ2) is 5.85. The Kier molecular flexibility index (Phi) is 4.32. The highest BCUT2D eigenvalue weighted by molar-refractivity contribution is 5.97. The molecule has 21 heavy (non-hydrogen) atoms. The van der Waals surface area contributed by atoms with E-state index < -0.39 is 5.60 Å². The summed E-state index contributed by atoms with van der Waals surface area (Å²) in [5, 5.41) is 0. The number of ether oxygens (including phenoxy) is 1. The topological polar surface area (TPSA) is 72.6 Å². The standard InChI is InChI=1S/C16H22N2O3/c1-16(2,3)21-15(20)18-7-6-11-4-5-12(14(19)9-17)8-13(11)10-18/h4-5,8H,6-7,9-10,17H2,1-3H3. The van der Waals surface area contributed by atoms with Crippen molar-refractivity contribution in [2.45, 2.75) is 39.3 Å². The zero-order valence-electron chi connectivity index (χ0n) is 12.8. The smallest absolute Gasteiger partial charge is 0.410 e. The molecular weight excluding hydrogens is 268 g/mol. The van der Waals surface area contributed by atoms with E-state index in [9.17, 15) is 9.59 Å². The summed E-state index contributed by atoms with van der Waals surface area (Å²) in [6.45, 7) is 6.64. The van der Waals surface area contributed by atoms with Crippen molar-refractivity contribution in [3.05, 3.63) is 34.9 Å². The molecule has 1 aliphatic rings. The molecule has 0 atom stereocenters. The summed E-state index contributed by atoms with van der Waals surface area (Å²) in [7, 11) is 0. The highest BCUT2D eigenvalue weighted by Gasteiger charge is 2.26. The van der Waals surface area contributed by atoms with Gasteiger partial charge in [0.05, 0.1) is 6.54 Å². The predicted octanol–water partition coefficient (Wildman–Crippen LogP) is 2.12. The number of nitrogens with zero attached hydrogens (tertiary/aromatic N) is 1. The molecule has 0 radical (unpaired) electrons. The fraction of sp³-hybridized carbons (Fsp3) is 0.500. The average Bonchev–Trinajstić information content (AvgIpc) is 2.43. The minimum atomic E-state index is -0.505. The van der Waals surface area contributed by atoms with E-state index in [1.807, 2.05) is 32.9 Å². The summed E-state index contributed by atoms with van der Waals surface area (Å²) in [4.78, 5) is 25.5. The van der Waals surface area contributed by atoms with Crippen LogP contribution in [-0.2, 0) is 17.7 Å². The van der Waals surface area contributed by atoms with E-state index >= 15 is 0 Å². The van der Waals surface area contributed by atoms with Crippen LogP contribution in [-0.4, -0.2) is 35.5 Å². The van der Waals surface area contributed by atoms with E-state index in [1.54, 1.807) is 11.0 Å². The number of amides is 1. The van der Waals surface area contributed by atoms with Crippen LogP contribution in [0.25, 0.3) is 0 Å². The van der Waals surface area contributed by atoms with Gasteiger partial charge in [-0.2, -0.15) is 0 Å². The van der Waals surface area contributed by atoms with Crippen molar-refractivity contribution in [2.75, 3.05) is 13.1 Å². The highest BCUT2D eigenvalue weighted by Crippen LogP contribution is 2.22. The van der Waals surface area contributed by atoms with Crippen LogP contribution in [0.5, 0.6) is 0 Å². The fourth-order valence-corrected chi connectivity index (χ4v) is 2.33. The average molecular weight is 290 g/mol. The van der Waals surface area contributed by atoms with Crippen molar-refractivity contribution in [3.8, 4) is 0 Å². The summed E-state index contributed by atoms with van der Waals surface area (Å²) in [5.41, 5.74) is 7.65. The van der Waals surface area contributed by atoms with E-state index in [2.05, 4.69) is 0 Å². The lowest BCUT2D eigenvalue weighted by atomic mass is 9.96.